The van der Waals surface area contributed by atoms with Crippen LogP contribution in [0.4, 0.5) is 5.82 Å². The lowest BCUT2D eigenvalue weighted by molar-refractivity contribution is -0.142. The molecule has 1 aromatic carbocycles. The van der Waals surface area contributed by atoms with Gasteiger partial charge in [-0.15, -0.1) is 0 Å². The maximum Gasteiger partial charge on any atom is 0.306 e. The average molecular weight is 327 g/mol. The molecule has 1 fully saturated rings. The molecule has 0 amide bonds. The molecule has 1 aliphatic rings. The zero-order valence-corrected chi connectivity index (χ0v) is 13.4. The highest BCUT2D eigenvalue weighted by molar-refractivity contribution is 5.70. The van der Waals surface area contributed by atoms with E-state index >= 15 is 0 Å². The van der Waals surface area contributed by atoms with Crippen LogP contribution in [0.2, 0.25) is 0 Å². The first-order valence-corrected chi connectivity index (χ1v) is 8.19. The molecule has 0 unspecified atom stereocenters. The summed E-state index contributed by atoms with van der Waals surface area (Å²) in [5.41, 5.74) is 1.08. The Balaban J connectivity index is 1.53. The van der Waals surface area contributed by atoms with Crippen molar-refractivity contribution in [3.8, 4) is 5.88 Å². The normalized spacial score (nSPS) is 20.3. The lowest BCUT2D eigenvalue weighted by Gasteiger charge is -2.27. The number of nitrogens with one attached hydrogen (secondary N) is 1. The SMILES string of the molecule is O=C(O)C1CCC(Nc2cc(OCc3ccccc3)ncn2)CC1. The van der Waals surface area contributed by atoms with E-state index in [4.69, 9.17) is 9.84 Å². The third kappa shape index (κ3) is 4.44. The highest BCUT2D eigenvalue weighted by Crippen LogP contribution is 2.26. The zero-order chi connectivity index (χ0) is 16.8. The van der Waals surface area contributed by atoms with Gasteiger partial charge in [0, 0.05) is 12.1 Å². The van der Waals surface area contributed by atoms with Crippen LogP contribution in [0.15, 0.2) is 42.7 Å². The van der Waals surface area contributed by atoms with Crippen LogP contribution in [0.25, 0.3) is 0 Å². The van der Waals surface area contributed by atoms with Crippen LogP contribution < -0.4 is 10.1 Å². The zero-order valence-electron chi connectivity index (χ0n) is 13.4. The molecular formula is C18H21N3O3. The summed E-state index contributed by atoms with van der Waals surface area (Å²) >= 11 is 0. The second-order valence-electron chi connectivity index (χ2n) is 6.05. The maximum atomic E-state index is 11.0. The van der Waals surface area contributed by atoms with E-state index in [-0.39, 0.29) is 12.0 Å². The quantitative estimate of drug-likeness (QED) is 0.848. The van der Waals surface area contributed by atoms with Crippen molar-refractivity contribution >= 4 is 11.8 Å². The van der Waals surface area contributed by atoms with Gasteiger partial charge in [0.15, 0.2) is 0 Å². The summed E-state index contributed by atoms with van der Waals surface area (Å²) in [7, 11) is 0. The van der Waals surface area contributed by atoms with Crippen molar-refractivity contribution in [1.82, 2.24) is 9.97 Å². The fourth-order valence-corrected chi connectivity index (χ4v) is 2.92. The minimum absolute atomic E-state index is 0.210. The second-order valence-corrected chi connectivity index (χ2v) is 6.05. The molecule has 0 aliphatic heterocycles. The van der Waals surface area contributed by atoms with Gasteiger partial charge in [-0.2, -0.15) is 0 Å². The van der Waals surface area contributed by atoms with Crippen LogP contribution in [-0.4, -0.2) is 27.1 Å². The molecule has 2 aromatic rings. The number of benzene rings is 1. The number of carboxylic acid groups (broad SMARTS) is 1. The summed E-state index contributed by atoms with van der Waals surface area (Å²) in [5, 5.41) is 12.4. The van der Waals surface area contributed by atoms with Crippen LogP contribution in [0.1, 0.15) is 31.2 Å². The van der Waals surface area contributed by atoms with Gasteiger partial charge in [0.25, 0.3) is 0 Å². The van der Waals surface area contributed by atoms with E-state index in [0.717, 1.165) is 18.4 Å². The summed E-state index contributed by atoms with van der Waals surface area (Å²) in [6, 6.07) is 11.9. The Hall–Kier alpha value is -2.63. The Bertz CT molecular complexity index is 670. The number of carbonyl (C=O) groups is 1. The first kappa shape index (κ1) is 16.2. The summed E-state index contributed by atoms with van der Waals surface area (Å²) in [4.78, 5) is 19.4. The van der Waals surface area contributed by atoms with E-state index in [1.807, 2.05) is 30.3 Å². The van der Waals surface area contributed by atoms with Gasteiger partial charge >= 0.3 is 5.97 Å². The van der Waals surface area contributed by atoms with Crippen LogP contribution in [0, 0.1) is 5.92 Å². The van der Waals surface area contributed by atoms with E-state index in [9.17, 15) is 4.79 Å². The first-order valence-electron chi connectivity index (χ1n) is 8.19. The van der Waals surface area contributed by atoms with Gasteiger partial charge in [0.1, 0.15) is 18.8 Å². The number of hydrogen-bond acceptors (Lipinski definition) is 5. The first-order chi connectivity index (χ1) is 11.7. The number of carboxylic acids is 1. The van der Waals surface area contributed by atoms with Gasteiger partial charge in [-0.25, -0.2) is 9.97 Å². The van der Waals surface area contributed by atoms with Gasteiger partial charge < -0.3 is 15.2 Å². The average Bonchev–Trinajstić information content (AvgIpc) is 2.62. The van der Waals surface area contributed by atoms with Crippen LogP contribution in [-0.2, 0) is 11.4 Å². The molecule has 1 aromatic heterocycles. The van der Waals surface area contributed by atoms with Crippen molar-refractivity contribution in [3.63, 3.8) is 0 Å². The monoisotopic (exact) mass is 327 g/mol. The Morgan fingerprint density at radius 3 is 2.62 bits per heavy atom. The summed E-state index contributed by atoms with van der Waals surface area (Å²) in [5.74, 6) is 0.340. The number of aromatic nitrogens is 2. The molecule has 1 saturated carbocycles. The summed E-state index contributed by atoms with van der Waals surface area (Å²) < 4.78 is 5.70. The van der Waals surface area contributed by atoms with E-state index in [1.165, 1.54) is 6.33 Å². The molecule has 1 aliphatic carbocycles. The molecule has 2 N–H and O–H groups in total. The Morgan fingerprint density at radius 1 is 1.17 bits per heavy atom. The van der Waals surface area contributed by atoms with E-state index in [0.29, 0.717) is 31.1 Å². The molecule has 0 radical (unpaired) electrons. The Morgan fingerprint density at radius 2 is 1.92 bits per heavy atom. The fourth-order valence-electron chi connectivity index (χ4n) is 2.92. The third-order valence-corrected chi connectivity index (χ3v) is 4.30. The molecular weight excluding hydrogens is 306 g/mol. The van der Waals surface area contributed by atoms with Gasteiger partial charge in [0.05, 0.1) is 5.92 Å². The highest BCUT2D eigenvalue weighted by atomic mass is 16.5. The number of ether oxygens (including phenoxy) is 1. The molecule has 0 spiro atoms. The topological polar surface area (TPSA) is 84.3 Å². The van der Waals surface area contributed by atoms with Gasteiger partial charge in [0.2, 0.25) is 5.88 Å². The van der Waals surface area contributed by atoms with Gasteiger partial charge in [-0.1, -0.05) is 30.3 Å². The minimum Gasteiger partial charge on any atom is -0.481 e. The molecule has 0 saturated heterocycles. The van der Waals surface area contributed by atoms with E-state index in [2.05, 4.69) is 15.3 Å². The van der Waals surface area contributed by atoms with Crippen molar-refractivity contribution in [2.45, 2.75) is 38.3 Å². The molecule has 3 rings (SSSR count). The molecule has 0 bridgehead atoms. The van der Waals surface area contributed by atoms with Crippen LogP contribution in [0.3, 0.4) is 0 Å². The number of nitrogens with zero attached hydrogens (tertiary/aromatic N) is 2. The van der Waals surface area contributed by atoms with Crippen molar-refractivity contribution < 1.29 is 14.6 Å². The minimum atomic E-state index is -0.688. The molecule has 6 heteroatoms. The lowest BCUT2D eigenvalue weighted by atomic mass is 9.86. The van der Waals surface area contributed by atoms with Crippen LogP contribution >= 0.6 is 0 Å². The summed E-state index contributed by atoms with van der Waals surface area (Å²) in [6.07, 6.45) is 4.55. The van der Waals surface area contributed by atoms with Crippen molar-refractivity contribution in [2.24, 2.45) is 5.92 Å². The number of aliphatic carboxylic acids is 1. The predicted octanol–water partition coefficient (Wildman–Crippen LogP) is 3.11. The van der Waals surface area contributed by atoms with Crippen molar-refractivity contribution in [2.75, 3.05) is 5.32 Å². The molecule has 126 valence electrons. The molecule has 6 nitrogen and oxygen atoms in total. The number of anilines is 1. The van der Waals surface area contributed by atoms with Gasteiger partial charge in [-0.05, 0) is 31.2 Å². The van der Waals surface area contributed by atoms with Gasteiger partial charge in [-0.3, -0.25) is 4.79 Å². The second kappa shape index (κ2) is 7.77. The number of rotatable bonds is 6. The smallest absolute Gasteiger partial charge is 0.306 e. The maximum absolute atomic E-state index is 11.0. The largest absolute Gasteiger partial charge is 0.481 e. The van der Waals surface area contributed by atoms with Crippen LogP contribution in [0.5, 0.6) is 5.88 Å². The fraction of sp³-hybridized carbons (Fsp3) is 0.389. The standard InChI is InChI=1S/C18H21N3O3/c22-18(23)14-6-8-15(9-7-14)21-16-10-17(20-12-19-16)24-11-13-4-2-1-3-5-13/h1-5,10,12,14-15H,6-9,11H2,(H,22,23)(H,19,20,21). The highest BCUT2D eigenvalue weighted by Gasteiger charge is 2.25. The molecule has 1 heterocycles. The summed E-state index contributed by atoms with van der Waals surface area (Å²) in [6.45, 7) is 0.459. The Kier molecular flexibility index (Phi) is 5.25. The van der Waals surface area contributed by atoms with E-state index in [1.54, 1.807) is 6.07 Å². The molecule has 0 atom stereocenters. The lowest BCUT2D eigenvalue weighted by Crippen LogP contribution is -2.29. The van der Waals surface area contributed by atoms with Crippen molar-refractivity contribution in [1.29, 1.82) is 0 Å². The van der Waals surface area contributed by atoms with Crippen molar-refractivity contribution in [3.05, 3.63) is 48.3 Å². The third-order valence-electron chi connectivity index (χ3n) is 4.30. The Labute approximate surface area is 140 Å². The predicted molar refractivity (Wildman–Crippen MR) is 89.8 cm³/mol. The number of hydrogen-bond donors (Lipinski definition) is 2. The van der Waals surface area contributed by atoms with E-state index < -0.39 is 5.97 Å². The molecule has 24 heavy (non-hydrogen) atoms.